The first-order valence-electron chi connectivity index (χ1n) is 5.24. The third kappa shape index (κ3) is 2.69. The van der Waals surface area contributed by atoms with Gasteiger partial charge in [0.2, 0.25) is 10.0 Å². The zero-order valence-electron chi connectivity index (χ0n) is 9.75. The van der Waals surface area contributed by atoms with Crippen LogP contribution in [0.3, 0.4) is 0 Å². The fourth-order valence-electron chi connectivity index (χ4n) is 1.49. The maximum absolute atomic E-state index is 11.9. The Morgan fingerprint density at radius 1 is 1.39 bits per heavy atom. The minimum absolute atomic E-state index is 0.109. The Bertz CT molecular complexity index is 608. The van der Waals surface area contributed by atoms with Gasteiger partial charge in [0, 0.05) is 18.3 Å². The maximum atomic E-state index is 11.9. The number of H-pyrrole nitrogens is 1. The molecular weight excluding hydrogens is 254 g/mol. The number of hydrogen-bond donors (Lipinski definition) is 2. The lowest BCUT2D eigenvalue weighted by atomic mass is 10.2. The number of ether oxygens (including phenoxy) is 1. The van der Waals surface area contributed by atoms with E-state index in [4.69, 9.17) is 4.74 Å². The van der Waals surface area contributed by atoms with Crippen LogP contribution in [0, 0.1) is 0 Å². The number of benzene rings is 1. The van der Waals surface area contributed by atoms with Crippen LogP contribution < -0.4 is 9.46 Å². The second-order valence-electron chi connectivity index (χ2n) is 3.57. The third-order valence-electron chi connectivity index (χ3n) is 2.43. The van der Waals surface area contributed by atoms with Gasteiger partial charge in [0.25, 0.3) is 0 Å². The quantitative estimate of drug-likeness (QED) is 0.843. The summed E-state index contributed by atoms with van der Waals surface area (Å²) in [5.41, 5.74) is 0.770. The summed E-state index contributed by atoms with van der Waals surface area (Å²) in [5, 5.41) is 6.07. The van der Waals surface area contributed by atoms with Crippen LogP contribution in [0.25, 0.3) is 0 Å². The second-order valence-corrected chi connectivity index (χ2v) is 5.34. The van der Waals surface area contributed by atoms with Gasteiger partial charge in [-0.15, -0.1) is 0 Å². The van der Waals surface area contributed by atoms with E-state index in [2.05, 4.69) is 14.9 Å². The van der Waals surface area contributed by atoms with E-state index in [9.17, 15) is 8.42 Å². The summed E-state index contributed by atoms with van der Waals surface area (Å²) in [5.74, 6) is 0.646. The van der Waals surface area contributed by atoms with E-state index in [0.717, 1.165) is 5.56 Å². The van der Waals surface area contributed by atoms with Crippen molar-refractivity contribution in [2.45, 2.75) is 11.4 Å². The molecule has 0 radical (unpaired) electrons. The van der Waals surface area contributed by atoms with Crippen LogP contribution in [0.4, 0.5) is 0 Å². The third-order valence-corrected chi connectivity index (χ3v) is 3.80. The molecule has 0 amide bonds. The molecule has 0 fully saturated rings. The normalized spacial score (nSPS) is 11.4. The first-order valence-corrected chi connectivity index (χ1v) is 6.72. The second kappa shape index (κ2) is 5.19. The van der Waals surface area contributed by atoms with Crippen LogP contribution in [0.2, 0.25) is 0 Å². The van der Waals surface area contributed by atoms with E-state index >= 15 is 0 Å². The lowest BCUT2D eigenvalue weighted by molar-refractivity contribution is 0.409. The highest BCUT2D eigenvalue weighted by Crippen LogP contribution is 2.17. The molecular formula is C11H13N3O3S. The van der Waals surface area contributed by atoms with Crippen LogP contribution in [0.15, 0.2) is 41.6 Å². The van der Waals surface area contributed by atoms with Crippen molar-refractivity contribution in [3.63, 3.8) is 0 Å². The van der Waals surface area contributed by atoms with E-state index in [1.807, 2.05) is 12.1 Å². The highest BCUT2D eigenvalue weighted by atomic mass is 32.2. The Morgan fingerprint density at radius 2 is 2.17 bits per heavy atom. The largest absolute Gasteiger partial charge is 0.496 e. The number of sulfonamides is 1. The molecule has 0 bridgehead atoms. The molecule has 96 valence electrons. The molecule has 0 aliphatic rings. The van der Waals surface area contributed by atoms with Crippen molar-refractivity contribution >= 4 is 10.0 Å². The van der Waals surface area contributed by atoms with Crippen molar-refractivity contribution in [2.24, 2.45) is 0 Å². The lowest BCUT2D eigenvalue weighted by Gasteiger charge is -2.09. The Hall–Kier alpha value is -1.86. The smallest absolute Gasteiger partial charge is 0.243 e. The van der Waals surface area contributed by atoms with E-state index in [0.29, 0.717) is 5.75 Å². The molecule has 1 heterocycles. The van der Waals surface area contributed by atoms with Gasteiger partial charge in [0.15, 0.2) is 0 Å². The van der Waals surface area contributed by atoms with Crippen LogP contribution in [0.5, 0.6) is 5.75 Å². The summed E-state index contributed by atoms with van der Waals surface area (Å²) in [6.45, 7) is 0.164. The van der Waals surface area contributed by atoms with Crippen molar-refractivity contribution in [2.75, 3.05) is 7.11 Å². The molecule has 0 saturated heterocycles. The summed E-state index contributed by atoms with van der Waals surface area (Å²) in [7, 11) is -1.99. The van der Waals surface area contributed by atoms with Crippen molar-refractivity contribution < 1.29 is 13.2 Å². The molecule has 0 aliphatic heterocycles. The monoisotopic (exact) mass is 267 g/mol. The first kappa shape index (κ1) is 12.6. The molecule has 0 aliphatic carbocycles. The standard InChI is InChI=1S/C11H13N3O3S/c1-17-11-5-3-2-4-9(11)6-14-18(15,16)10-7-12-13-8-10/h2-5,7-8,14H,6H2,1H3,(H,12,13). The highest BCUT2D eigenvalue weighted by molar-refractivity contribution is 7.89. The van der Waals surface area contributed by atoms with Crippen molar-refractivity contribution in [3.8, 4) is 5.75 Å². The summed E-state index contributed by atoms with van der Waals surface area (Å²) in [4.78, 5) is 0.109. The minimum atomic E-state index is -3.54. The number of rotatable bonds is 5. The number of nitrogens with zero attached hydrogens (tertiary/aromatic N) is 1. The topological polar surface area (TPSA) is 84.1 Å². The number of aromatic amines is 1. The number of aromatic nitrogens is 2. The molecule has 2 aromatic rings. The van der Waals surface area contributed by atoms with Gasteiger partial charge >= 0.3 is 0 Å². The molecule has 0 atom stereocenters. The van der Waals surface area contributed by atoms with Crippen molar-refractivity contribution in [1.29, 1.82) is 0 Å². The predicted octanol–water partition coefficient (Wildman–Crippen LogP) is 0.897. The average molecular weight is 267 g/mol. The van der Waals surface area contributed by atoms with Crippen LogP contribution >= 0.6 is 0 Å². The molecule has 6 nitrogen and oxygen atoms in total. The number of nitrogens with one attached hydrogen (secondary N) is 2. The van der Waals surface area contributed by atoms with Gasteiger partial charge in [-0.1, -0.05) is 18.2 Å². The van der Waals surface area contributed by atoms with Crippen LogP contribution in [0.1, 0.15) is 5.56 Å². The molecule has 0 unspecified atom stereocenters. The summed E-state index contributed by atoms with van der Waals surface area (Å²) >= 11 is 0. The Labute approximate surface area is 105 Å². The van der Waals surface area contributed by atoms with Crippen LogP contribution in [-0.2, 0) is 16.6 Å². The SMILES string of the molecule is COc1ccccc1CNS(=O)(=O)c1cn[nH]c1. The molecule has 0 saturated carbocycles. The first-order chi connectivity index (χ1) is 8.63. The average Bonchev–Trinajstić information content (AvgIpc) is 2.91. The molecule has 2 N–H and O–H groups in total. The fourth-order valence-corrected chi connectivity index (χ4v) is 2.40. The Kier molecular flexibility index (Phi) is 3.63. The zero-order valence-corrected chi connectivity index (χ0v) is 10.6. The number of methoxy groups -OCH3 is 1. The molecule has 0 spiro atoms. The summed E-state index contributed by atoms with van der Waals surface area (Å²) in [6, 6.07) is 7.23. The van der Waals surface area contributed by atoms with Gasteiger partial charge in [-0.3, -0.25) is 5.10 Å². The molecule has 2 rings (SSSR count). The zero-order chi connectivity index (χ0) is 13.0. The predicted molar refractivity (Wildman–Crippen MR) is 65.6 cm³/mol. The fraction of sp³-hybridized carbons (Fsp3) is 0.182. The van der Waals surface area contributed by atoms with Gasteiger partial charge in [-0.2, -0.15) is 5.10 Å². The van der Waals surface area contributed by atoms with Gasteiger partial charge in [0.1, 0.15) is 10.6 Å². The lowest BCUT2D eigenvalue weighted by Crippen LogP contribution is -2.23. The Balaban J connectivity index is 2.13. The van der Waals surface area contributed by atoms with E-state index in [1.54, 1.807) is 19.2 Å². The van der Waals surface area contributed by atoms with Gasteiger partial charge in [-0.05, 0) is 6.07 Å². The highest BCUT2D eigenvalue weighted by Gasteiger charge is 2.15. The number of para-hydroxylation sites is 1. The van der Waals surface area contributed by atoms with E-state index in [1.165, 1.54) is 12.4 Å². The van der Waals surface area contributed by atoms with E-state index < -0.39 is 10.0 Å². The number of hydrogen-bond acceptors (Lipinski definition) is 4. The summed E-state index contributed by atoms with van der Waals surface area (Å²) in [6.07, 6.45) is 2.58. The maximum Gasteiger partial charge on any atom is 0.243 e. The van der Waals surface area contributed by atoms with Crippen LogP contribution in [-0.4, -0.2) is 25.7 Å². The van der Waals surface area contributed by atoms with Gasteiger partial charge < -0.3 is 4.74 Å². The minimum Gasteiger partial charge on any atom is -0.496 e. The van der Waals surface area contributed by atoms with Crippen molar-refractivity contribution in [3.05, 3.63) is 42.2 Å². The molecule has 1 aromatic carbocycles. The molecule has 7 heteroatoms. The summed E-state index contributed by atoms with van der Waals surface area (Å²) < 4.78 is 31.3. The van der Waals surface area contributed by atoms with Crippen molar-refractivity contribution in [1.82, 2.24) is 14.9 Å². The van der Waals surface area contributed by atoms with Gasteiger partial charge in [0.05, 0.1) is 13.3 Å². The van der Waals surface area contributed by atoms with Gasteiger partial charge in [-0.25, -0.2) is 13.1 Å². The Morgan fingerprint density at radius 3 is 2.83 bits per heavy atom. The van der Waals surface area contributed by atoms with E-state index in [-0.39, 0.29) is 11.4 Å². The molecule has 18 heavy (non-hydrogen) atoms. The molecule has 1 aromatic heterocycles.